The topological polar surface area (TPSA) is 49.8 Å². The van der Waals surface area contributed by atoms with Crippen molar-refractivity contribution in [2.45, 2.75) is 25.4 Å². The maximum atomic E-state index is 11.9. The Morgan fingerprint density at radius 3 is 2.58 bits per heavy atom. The van der Waals surface area contributed by atoms with Gasteiger partial charge in [-0.1, -0.05) is 17.7 Å². The van der Waals surface area contributed by atoms with Crippen LogP contribution in [-0.2, 0) is 4.79 Å². The van der Waals surface area contributed by atoms with E-state index in [1.54, 1.807) is 4.90 Å². The Morgan fingerprint density at radius 2 is 2.00 bits per heavy atom. The van der Waals surface area contributed by atoms with Crippen molar-refractivity contribution in [1.29, 1.82) is 0 Å². The summed E-state index contributed by atoms with van der Waals surface area (Å²) >= 11 is 0. The molecule has 0 bridgehead atoms. The van der Waals surface area contributed by atoms with Gasteiger partial charge in [-0.15, -0.1) is 0 Å². The van der Waals surface area contributed by atoms with Gasteiger partial charge in [-0.05, 0) is 37.8 Å². The van der Waals surface area contributed by atoms with E-state index in [9.17, 15) is 9.90 Å². The zero-order valence-corrected chi connectivity index (χ0v) is 11.1. The summed E-state index contributed by atoms with van der Waals surface area (Å²) in [5, 5.41) is 10.2. The first kappa shape index (κ1) is 12.5. The van der Waals surface area contributed by atoms with Crippen molar-refractivity contribution in [2.24, 2.45) is 5.92 Å². The van der Waals surface area contributed by atoms with Crippen LogP contribution >= 0.6 is 0 Å². The lowest BCUT2D eigenvalue weighted by atomic mass is 9.89. The summed E-state index contributed by atoms with van der Waals surface area (Å²) in [6.07, 6.45) is 2.19. The molecule has 0 aromatic heterocycles. The summed E-state index contributed by atoms with van der Waals surface area (Å²) in [5.74, 6) is 1.07. The van der Waals surface area contributed by atoms with Crippen LogP contribution < -0.4 is 4.74 Å². The van der Waals surface area contributed by atoms with Gasteiger partial charge < -0.3 is 14.7 Å². The van der Waals surface area contributed by atoms with Crippen LogP contribution in [0.4, 0.5) is 0 Å². The van der Waals surface area contributed by atoms with E-state index in [-0.39, 0.29) is 12.5 Å². The standard InChI is InChI=1S/C15H19NO3/c1-11-2-6-13(7-3-11)19-8-14(17)16-9-15(18,10-16)12-4-5-12/h2-3,6-7,12,18H,4-5,8-10H2,1H3. The lowest BCUT2D eigenvalue weighted by Crippen LogP contribution is -2.65. The molecule has 1 amide bonds. The minimum Gasteiger partial charge on any atom is -0.484 e. The van der Waals surface area contributed by atoms with Gasteiger partial charge in [0, 0.05) is 0 Å². The maximum Gasteiger partial charge on any atom is 0.260 e. The van der Waals surface area contributed by atoms with Gasteiger partial charge in [0.2, 0.25) is 0 Å². The molecule has 1 aliphatic heterocycles. The van der Waals surface area contributed by atoms with E-state index in [0.717, 1.165) is 18.4 Å². The Kier molecular flexibility index (Phi) is 2.97. The van der Waals surface area contributed by atoms with Crippen molar-refractivity contribution in [3.8, 4) is 5.75 Å². The Morgan fingerprint density at radius 1 is 1.37 bits per heavy atom. The molecule has 1 saturated carbocycles. The minimum absolute atomic E-state index is 0.0454. The highest BCUT2D eigenvalue weighted by Gasteiger charge is 2.53. The van der Waals surface area contributed by atoms with Crippen LogP contribution in [0, 0.1) is 12.8 Å². The van der Waals surface area contributed by atoms with Crippen LogP contribution in [0.1, 0.15) is 18.4 Å². The van der Waals surface area contributed by atoms with Crippen molar-refractivity contribution in [3.63, 3.8) is 0 Å². The normalized spacial score (nSPS) is 20.8. The van der Waals surface area contributed by atoms with E-state index in [1.165, 1.54) is 0 Å². The number of ether oxygens (including phenoxy) is 1. The molecule has 2 aliphatic rings. The van der Waals surface area contributed by atoms with Crippen LogP contribution in [0.5, 0.6) is 5.75 Å². The number of carbonyl (C=O) groups is 1. The van der Waals surface area contributed by atoms with Crippen LogP contribution in [-0.4, -0.2) is 41.2 Å². The largest absolute Gasteiger partial charge is 0.484 e. The van der Waals surface area contributed by atoms with Crippen molar-refractivity contribution in [2.75, 3.05) is 19.7 Å². The molecule has 2 fully saturated rings. The van der Waals surface area contributed by atoms with Crippen molar-refractivity contribution >= 4 is 5.91 Å². The Balaban J connectivity index is 1.46. The third-order valence-corrected chi connectivity index (χ3v) is 4.00. The van der Waals surface area contributed by atoms with Gasteiger partial charge in [0.1, 0.15) is 11.4 Å². The van der Waals surface area contributed by atoms with Crippen molar-refractivity contribution in [3.05, 3.63) is 29.8 Å². The quantitative estimate of drug-likeness (QED) is 0.890. The molecule has 1 aromatic rings. The number of nitrogens with zero attached hydrogens (tertiary/aromatic N) is 1. The first-order valence-corrected chi connectivity index (χ1v) is 6.76. The van der Waals surface area contributed by atoms with Gasteiger partial charge in [-0.25, -0.2) is 0 Å². The van der Waals surface area contributed by atoms with E-state index in [0.29, 0.717) is 24.8 Å². The molecule has 0 radical (unpaired) electrons. The predicted octanol–water partition coefficient (Wildman–Crippen LogP) is 1.36. The van der Waals surface area contributed by atoms with Gasteiger partial charge in [-0.2, -0.15) is 0 Å². The third-order valence-electron chi connectivity index (χ3n) is 4.00. The second kappa shape index (κ2) is 4.53. The second-order valence-electron chi connectivity index (χ2n) is 5.73. The SMILES string of the molecule is Cc1ccc(OCC(=O)N2CC(O)(C3CC3)C2)cc1. The van der Waals surface area contributed by atoms with E-state index >= 15 is 0 Å². The fourth-order valence-electron chi connectivity index (χ4n) is 2.54. The molecule has 1 N–H and O–H groups in total. The number of hydrogen-bond acceptors (Lipinski definition) is 3. The number of benzene rings is 1. The van der Waals surface area contributed by atoms with E-state index in [2.05, 4.69) is 0 Å². The average Bonchev–Trinajstić information content (AvgIpc) is 3.18. The van der Waals surface area contributed by atoms with Crippen molar-refractivity contribution in [1.82, 2.24) is 4.90 Å². The van der Waals surface area contributed by atoms with Gasteiger partial charge in [0.05, 0.1) is 13.1 Å². The first-order valence-electron chi connectivity index (χ1n) is 6.76. The highest BCUT2D eigenvalue weighted by Crippen LogP contribution is 2.44. The molecule has 4 nitrogen and oxygen atoms in total. The molecular formula is C15H19NO3. The fourth-order valence-corrected chi connectivity index (χ4v) is 2.54. The molecule has 0 unspecified atom stereocenters. The highest BCUT2D eigenvalue weighted by molar-refractivity contribution is 5.79. The smallest absolute Gasteiger partial charge is 0.260 e. The lowest BCUT2D eigenvalue weighted by molar-refractivity contribution is -0.161. The summed E-state index contributed by atoms with van der Waals surface area (Å²) in [4.78, 5) is 13.6. The third kappa shape index (κ3) is 2.59. The zero-order chi connectivity index (χ0) is 13.5. The molecule has 1 aromatic carbocycles. The molecule has 102 valence electrons. The zero-order valence-electron chi connectivity index (χ0n) is 11.1. The molecular weight excluding hydrogens is 242 g/mol. The van der Waals surface area contributed by atoms with Crippen LogP contribution in [0.3, 0.4) is 0 Å². The summed E-state index contributed by atoms with van der Waals surface area (Å²) in [5.41, 5.74) is 0.551. The predicted molar refractivity (Wildman–Crippen MR) is 70.9 cm³/mol. The number of likely N-dealkylation sites (tertiary alicyclic amines) is 1. The number of rotatable bonds is 4. The number of aryl methyl sites for hydroxylation is 1. The number of aliphatic hydroxyl groups is 1. The highest BCUT2D eigenvalue weighted by atomic mass is 16.5. The Bertz CT molecular complexity index is 473. The van der Waals surface area contributed by atoms with E-state index < -0.39 is 5.60 Å². The molecule has 4 heteroatoms. The summed E-state index contributed by atoms with van der Waals surface area (Å²) in [6.45, 7) is 2.99. The number of β-amino-alcohol motifs (C(OH)–C–C–N with tert-alkyl or cyclic N) is 1. The molecule has 3 rings (SSSR count). The molecule has 1 heterocycles. The fraction of sp³-hybridized carbons (Fsp3) is 0.533. The summed E-state index contributed by atoms with van der Waals surface area (Å²) in [7, 11) is 0. The molecule has 0 atom stereocenters. The monoisotopic (exact) mass is 261 g/mol. The van der Waals surface area contributed by atoms with Gasteiger partial charge in [0.15, 0.2) is 6.61 Å². The van der Waals surface area contributed by atoms with Crippen LogP contribution in [0.15, 0.2) is 24.3 Å². The molecule has 0 spiro atoms. The van der Waals surface area contributed by atoms with Gasteiger partial charge >= 0.3 is 0 Å². The number of carbonyl (C=O) groups excluding carboxylic acids is 1. The number of hydrogen-bond donors (Lipinski definition) is 1. The average molecular weight is 261 g/mol. The Hall–Kier alpha value is -1.55. The molecule has 1 saturated heterocycles. The summed E-state index contributed by atoms with van der Waals surface area (Å²) < 4.78 is 5.45. The van der Waals surface area contributed by atoms with Gasteiger partial charge in [0.25, 0.3) is 5.91 Å². The first-order chi connectivity index (χ1) is 9.07. The van der Waals surface area contributed by atoms with E-state index in [4.69, 9.17) is 4.74 Å². The Labute approximate surface area is 113 Å². The maximum absolute atomic E-state index is 11.9. The molecule has 1 aliphatic carbocycles. The summed E-state index contributed by atoms with van der Waals surface area (Å²) in [6, 6.07) is 7.63. The lowest BCUT2D eigenvalue weighted by Gasteiger charge is -2.46. The van der Waals surface area contributed by atoms with Crippen LogP contribution in [0.2, 0.25) is 0 Å². The van der Waals surface area contributed by atoms with Crippen LogP contribution in [0.25, 0.3) is 0 Å². The van der Waals surface area contributed by atoms with Gasteiger partial charge in [-0.3, -0.25) is 4.79 Å². The van der Waals surface area contributed by atoms with E-state index in [1.807, 2.05) is 31.2 Å². The molecule has 19 heavy (non-hydrogen) atoms. The number of amides is 1. The minimum atomic E-state index is -0.612. The second-order valence-corrected chi connectivity index (χ2v) is 5.73. The van der Waals surface area contributed by atoms with Crippen molar-refractivity contribution < 1.29 is 14.6 Å².